The first kappa shape index (κ1) is 32.6. The summed E-state index contributed by atoms with van der Waals surface area (Å²) in [6.07, 6.45) is 2.59. The van der Waals surface area contributed by atoms with E-state index in [1.165, 1.54) is 24.0 Å². The minimum atomic E-state index is -1.23. The van der Waals surface area contributed by atoms with Gasteiger partial charge in [0.1, 0.15) is 18.1 Å². The van der Waals surface area contributed by atoms with Crippen molar-refractivity contribution >= 4 is 59.8 Å². The number of hydrogen-bond donors (Lipinski definition) is 3. The van der Waals surface area contributed by atoms with Crippen molar-refractivity contribution in [1.29, 1.82) is 0 Å². The molecule has 0 radical (unpaired) electrons. The second kappa shape index (κ2) is 14.3. The van der Waals surface area contributed by atoms with Crippen LogP contribution in [0.15, 0.2) is 35.6 Å². The van der Waals surface area contributed by atoms with Crippen molar-refractivity contribution in [2.75, 3.05) is 24.3 Å². The summed E-state index contributed by atoms with van der Waals surface area (Å²) in [5.74, 6) is -1.82. The van der Waals surface area contributed by atoms with E-state index in [1.54, 1.807) is 30.2 Å². The predicted molar refractivity (Wildman–Crippen MR) is 165 cm³/mol. The van der Waals surface area contributed by atoms with Crippen LogP contribution >= 0.6 is 23.4 Å². The molecule has 0 fully saturated rings. The molecule has 0 saturated heterocycles. The summed E-state index contributed by atoms with van der Waals surface area (Å²) in [5.41, 5.74) is 1.74. The third-order valence-electron chi connectivity index (χ3n) is 5.93. The van der Waals surface area contributed by atoms with Crippen LogP contribution < -0.4 is 15.4 Å². The molecule has 0 atom stereocenters. The number of benzene rings is 1. The fraction of sp³-hybridized carbons (Fsp3) is 0.444. The minimum Gasteiger partial charge on any atom is -0.465 e. The molecule has 9 nitrogen and oxygen atoms in total. The zero-order valence-electron chi connectivity index (χ0n) is 23.8. The molecule has 2 aromatic heterocycles. The quantitative estimate of drug-likeness (QED) is 0.0522. The van der Waals surface area contributed by atoms with Crippen LogP contribution in [0, 0.1) is 11.6 Å². The Bertz CT molecular complexity index is 1360. The Hall–Kier alpha value is -2.87. The molecule has 3 N–H and O–H groups in total. The molecular formula is C27H36ClF2N5O4SSi. The summed E-state index contributed by atoms with van der Waals surface area (Å²) in [6.45, 7) is 11.7. The number of amides is 1. The van der Waals surface area contributed by atoms with Crippen molar-refractivity contribution in [2.24, 2.45) is 4.99 Å². The number of nitrogens with zero attached hydrogens (tertiary/aromatic N) is 3. The van der Waals surface area contributed by atoms with Crippen LogP contribution in [0.5, 0.6) is 11.5 Å². The molecule has 41 heavy (non-hydrogen) atoms. The van der Waals surface area contributed by atoms with Crippen LogP contribution in [-0.4, -0.2) is 58.9 Å². The lowest BCUT2D eigenvalue weighted by Crippen LogP contribution is -2.43. The van der Waals surface area contributed by atoms with Gasteiger partial charge < -0.3 is 29.8 Å². The van der Waals surface area contributed by atoms with E-state index in [4.69, 9.17) is 26.2 Å². The number of aromatic nitrogens is 2. The molecule has 0 aliphatic rings. The molecule has 3 aromatic rings. The third-order valence-corrected chi connectivity index (χ3v) is 8.53. The molecule has 0 spiro atoms. The van der Waals surface area contributed by atoms with E-state index in [-0.39, 0.29) is 18.2 Å². The number of aliphatic imine (C=N–C) groups is 1. The molecule has 1 aromatic carbocycles. The van der Waals surface area contributed by atoms with E-state index in [2.05, 4.69) is 40.3 Å². The highest BCUT2D eigenvalue weighted by Gasteiger charge is 2.20. The number of halogens is 3. The van der Waals surface area contributed by atoms with Gasteiger partial charge in [-0.1, -0.05) is 43.0 Å². The van der Waals surface area contributed by atoms with Crippen molar-refractivity contribution in [3.8, 4) is 11.5 Å². The highest BCUT2D eigenvalue weighted by Crippen LogP contribution is 2.37. The number of ether oxygens (including phenoxy) is 2. The molecule has 2 heterocycles. The zero-order valence-corrected chi connectivity index (χ0v) is 26.3. The predicted octanol–water partition coefficient (Wildman–Crippen LogP) is 7.64. The second-order valence-electron chi connectivity index (χ2n) is 11.2. The molecule has 0 bridgehead atoms. The number of thioether (sulfide) groups is 1. The van der Waals surface area contributed by atoms with Crippen LogP contribution in [0.1, 0.15) is 20.3 Å². The zero-order chi connectivity index (χ0) is 30.2. The monoisotopic (exact) mass is 627 g/mol. The molecule has 14 heteroatoms. The maximum absolute atomic E-state index is 14.9. The lowest BCUT2D eigenvalue weighted by Gasteiger charge is -2.23. The SMILES string of the molecule is CC(C)(CCN=CSCNc1cc(F)c(Oc2ccnc3c2c(Cl)cn3COCC[Si](C)(C)C)c(F)c1)NC(=O)O. The van der Waals surface area contributed by atoms with Crippen molar-refractivity contribution in [3.05, 3.63) is 47.2 Å². The van der Waals surface area contributed by atoms with Gasteiger partial charge >= 0.3 is 6.09 Å². The van der Waals surface area contributed by atoms with E-state index >= 15 is 0 Å². The van der Waals surface area contributed by atoms with Gasteiger partial charge in [-0.3, -0.25) is 4.99 Å². The van der Waals surface area contributed by atoms with E-state index in [0.717, 1.165) is 18.2 Å². The summed E-state index contributed by atoms with van der Waals surface area (Å²) in [6, 6.07) is 4.82. The Labute approximate surface area is 248 Å². The van der Waals surface area contributed by atoms with Crippen molar-refractivity contribution in [3.63, 3.8) is 0 Å². The van der Waals surface area contributed by atoms with Gasteiger partial charge in [0, 0.05) is 57.0 Å². The molecule has 224 valence electrons. The molecular weight excluding hydrogens is 592 g/mol. The summed E-state index contributed by atoms with van der Waals surface area (Å²) in [4.78, 5) is 19.4. The van der Waals surface area contributed by atoms with E-state index < -0.39 is 37.1 Å². The number of rotatable bonds is 15. The van der Waals surface area contributed by atoms with Gasteiger partial charge in [0.2, 0.25) is 0 Å². The summed E-state index contributed by atoms with van der Waals surface area (Å²) < 4.78 is 43.1. The molecule has 0 unspecified atom stereocenters. The average Bonchev–Trinajstić information content (AvgIpc) is 3.18. The fourth-order valence-corrected chi connectivity index (χ4v) is 5.28. The number of anilines is 1. The highest BCUT2D eigenvalue weighted by atomic mass is 35.5. The number of carboxylic acid groups (broad SMARTS) is 1. The minimum absolute atomic E-state index is 0.174. The van der Waals surface area contributed by atoms with E-state index in [0.29, 0.717) is 41.5 Å². The number of carbonyl (C=O) groups is 1. The van der Waals surface area contributed by atoms with Gasteiger partial charge in [-0.25, -0.2) is 18.6 Å². The first-order chi connectivity index (χ1) is 19.3. The maximum Gasteiger partial charge on any atom is 0.405 e. The lowest BCUT2D eigenvalue weighted by atomic mass is 10.0. The lowest BCUT2D eigenvalue weighted by molar-refractivity contribution is 0.0899. The Kier molecular flexibility index (Phi) is 11.4. The van der Waals surface area contributed by atoms with Crippen LogP contribution in [0.25, 0.3) is 11.0 Å². The molecule has 1 amide bonds. The van der Waals surface area contributed by atoms with Gasteiger partial charge in [-0.05, 0) is 32.4 Å². The Balaban J connectivity index is 1.59. The topological polar surface area (TPSA) is 110 Å². The van der Waals surface area contributed by atoms with Crippen molar-refractivity contribution in [1.82, 2.24) is 14.9 Å². The maximum atomic E-state index is 14.9. The van der Waals surface area contributed by atoms with Crippen LogP contribution in [-0.2, 0) is 11.5 Å². The van der Waals surface area contributed by atoms with Gasteiger partial charge in [0.05, 0.1) is 21.8 Å². The number of nitrogens with one attached hydrogen (secondary N) is 2. The molecule has 0 aliphatic heterocycles. The standard InChI is InChI=1S/C27H36ClF2N5O4SSi/c1-27(2,34-26(36)37)7-9-31-15-40-16-33-18-12-20(29)24(21(30)13-18)39-22-6-8-32-25-23(22)19(28)14-35(25)17-38-10-11-41(3,4)5/h6,8,12-15,33-34H,7,9-11,16-17H2,1-5H3,(H,36,37). The first-order valence-corrected chi connectivity index (χ1v) is 18.1. The van der Waals surface area contributed by atoms with Crippen LogP contribution in [0.4, 0.5) is 19.3 Å². The molecule has 3 rings (SSSR count). The van der Waals surface area contributed by atoms with Crippen LogP contribution in [0.3, 0.4) is 0 Å². The third kappa shape index (κ3) is 10.2. The Morgan fingerprint density at radius 1 is 1.29 bits per heavy atom. The molecule has 0 aliphatic carbocycles. The normalized spacial score (nSPS) is 12.3. The second-order valence-corrected chi connectivity index (χ2v) is 18.1. The van der Waals surface area contributed by atoms with Crippen molar-refractivity contribution < 1.29 is 28.2 Å². The van der Waals surface area contributed by atoms with Crippen molar-refractivity contribution in [2.45, 2.75) is 58.2 Å². The van der Waals surface area contributed by atoms with Gasteiger partial charge in [0.15, 0.2) is 17.4 Å². The highest BCUT2D eigenvalue weighted by molar-refractivity contribution is 8.12. The van der Waals surface area contributed by atoms with Gasteiger partial charge in [0.25, 0.3) is 0 Å². The van der Waals surface area contributed by atoms with E-state index in [1.807, 2.05) is 0 Å². The molecule has 0 saturated carbocycles. The largest absolute Gasteiger partial charge is 0.465 e. The number of hydrogen-bond acceptors (Lipinski definition) is 7. The van der Waals surface area contributed by atoms with Crippen LogP contribution in [0.2, 0.25) is 30.7 Å². The number of pyridine rings is 1. The Morgan fingerprint density at radius 2 is 2.00 bits per heavy atom. The summed E-state index contributed by atoms with van der Waals surface area (Å²) in [5, 5.41) is 14.9. The van der Waals surface area contributed by atoms with Gasteiger partial charge in [-0.15, -0.1) is 0 Å². The fourth-order valence-electron chi connectivity index (χ4n) is 3.70. The average molecular weight is 628 g/mol. The first-order valence-electron chi connectivity index (χ1n) is 13.0. The number of fused-ring (bicyclic) bond motifs is 1. The van der Waals surface area contributed by atoms with E-state index in [9.17, 15) is 13.6 Å². The summed E-state index contributed by atoms with van der Waals surface area (Å²) in [7, 11) is -1.23. The van der Waals surface area contributed by atoms with Gasteiger partial charge in [-0.2, -0.15) is 0 Å². The smallest absolute Gasteiger partial charge is 0.405 e. The Morgan fingerprint density at radius 3 is 2.66 bits per heavy atom. The summed E-state index contributed by atoms with van der Waals surface area (Å²) >= 11 is 7.75.